The van der Waals surface area contributed by atoms with Crippen molar-refractivity contribution in [3.8, 4) is 28.4 Å². The van der Waals surface area contributed by atoms with Gasteiger partial charge in [-0.2, -0.15) is 0 Å². The number of hydrogen-bond acceptors (Lipinski definition) is 4. The van der Waals surface area contributed by atoms with E-state index in [2.05, 4.69) is 0 Å². The van der Waals surface area contributed by atoms with Crippen LogP contribution in [0.2, 0.25) is 0 Å². The molecule has 1 N–H and O–H groups in total. The Labute approximate surface area is 129 Å². The number of fused-ring (bicyclic) bond motifs is 3. The lowest BCUT2D eigenvalue weighted by Crippen LogP contribution is -2.30. The topological polar surface area (TPSA) is 55.8 Å². The Balaban J connectivity index is 2.34. The number of aromatic hydroxyl groups is 1. The second-order valence-electron chi connectivity index (χ2n) is 5.92. The summed E-state index contributed by atoms with van der Waals surface area (Å²) < 4.78 is 11.4. The molecule has 1 aliphatic heterocycles. The van der Waals surface area contributed by atoms with Crippen LogP contribution < -0.4 is 9.47 Å². The van der Waals surface area contributed by atoms with Gasteiger partial charge >= 0.3 is 0 Å². The normalized spacial score (nSPS) is 14.5. The molecule has 4 heteroatoms. The number of rotatable bonds is 2. The molecule has 0 amide bonds. The lowest BCUT2D eigenvalue weighted by atomic mass is 9.84. The van der Waals surface area contributed by atoms with E-state index in [1.165, 1.54) is 13.0 Å². The summed E-state index contributed by atoms with van der Waals surface area (Å²) in [5, 5.41) is 10.0. The van der Waals surface area contributed by atoms with Crippen molar-refractivity contribution >= 4 is 5.78 Å². The fraction of sp³-hybridized carbons (Fsp3) is 0.278. The number of methoxy groups -OCH3 is 1. The highest BCUT2D eigenvalue weighted by atomic mass is 16.5. The molecule has 0 saturated heterocycles. The van der Waals surface area contributed by atoms with E-state index in [1.807, 2.05) is 32.0 Å². The molecule has 0 aromatic heterocycles. The number of hydrogen-bond donors (Lipinski definition) is 1. The van der Waals surface area contributed by atoms with Crippen LogP contribution in [0.5, 0.6) is 17.2 Å². The van der Waals surface area contributed by atoms with Gasteiger partial charge in [0.15, 0.2) is 5.78 Å². The van der Waals surface area contributed by atoms with Crippen LogP contribution >= 0.6 is 0 Å². The Bertz CT molecular complexity index is 775. The highest BCUT2D eigenvalue weighted by molar-refractivity contribution is 6.02. The average Bonchev–Trinajstić information content (AvgIpc) is 2.45. The summed E-state index contributed by atoms with van der Waals surface area (Å²) in [7, 11) is 1.62. The van der Waals surface area contributed by atoms with E-state index in [0.717, 1.165) is 22.4 Å². The van der Waals surface area contributed by atoms with Crippen LogP contribution in [0, 0.1) is 0 Å². The van der Waals surface area contributed by atoms with Crippen molar-refractivity contribution in [3.05, 3.63) is 41.5 Å². The van der Waals surface area contributed by atoms with Crippen LogP contribution in [0.1, 0.15) is 36.7 Å². The van der Waals surface area contributed by atoms with Crippen LogP contribution in [0.25, 0.3) is 11.1 Å². The first kappa shape index (κ1) is 14.4. The summed E-state index contributed by atoms with van der Waals surface area (Å²) in [6.45, 7) is 5.29. The molecule has 0 unspecified atom stereocenters. The van der Waals surface area contributed by atoms with Crippen LogP contribution in [0.15, 0.2) is 30.3 Å². The molecule has 0 spiro atoms. The van der Waals surface area contributed by atoms with Gasteiger partial charge in [-0.15, -0.1) is 0 Å². The fourth-order valence-corrected chi connectivity index (χ4v) is 2.92. The van der Waals surface area contributed by atoms with E-state index in [9.17, 15) is 9.90 Å². The summed E-state index contributed by atoms with van der Waals surface area (Å²) in [6.07, 6.45) is 0. The second kappa shape index (κ2) is 4.77. The van der Waals surface area contributed by atoms with E-state index >= 15 is 0 Å². The molecule has 1 heterocycles. The van der Waals surface area contributed by atoms with Gasteiger partial charge in [0.25, 0.3) is 0 Å². The maximum atomic E-state index is 11.9. The zero-order chi connectivity index (χ0) is 16.1. The van der Waals surface area contributed by atoms with E-state index in [-0.39, 0.29) is 17.1 Å². The van der Waals surface area contributed by atoms with Gasteiger partial charge in [0.1, 0.15) is 28.4 Å². The first-order chi connectivity index (χ1) is 10.3. The van der Waals surface area contributed by atoms with Gasteiger partial charge in [-0.1, -0.05) is 6.07 Å². The average molecular weight is 298 g/mol. The van der Waals surface area contributed by atoms with Crippen molar-refractivity contribution in [2.75, 3.05) is 7.11 Å². The SMILES string of the molecule is COc1ccc2c(c1)C(C)(C)Oc1c-2ccc(O)c1C(C)=O. The number of phenolic OH excluding ortho intramolecular Hbond substituents is 1. The molecule has 4 nitrogen and oxygen atoms in total. The number of ketones is 1. The molecule has 1 aliphatic rings. The van der Waals surface area contributed by atoms with Crippen molar-refractivity contribution in [3.63, 3.8) is 0 Å². The summed E-state index contributed by atoms with van der Waals surface area (Å²) in [5.41, 5.74) is 2.37. The summed E-state index contributed by atoms with van der Waals surface area (Å²) in [6, 6.07) is 9.09. The number of phenols is 1. The predicted molar refractivity (Wildman–Crippen MR) is 83.8 cm³/mol. The molecule has 22 heavy (non-hydrogen) atoms. The molecule has 0 bridgehead atoms. The standard InChI is InChI=1S/C18H18O4/c1-10(19)16-15(20)8-7-13-12-6-5-11(21-4)9-14(12)18(2,3)22-17(13)16/h5-9,20H,1-4H3. The summed E-state index contributed by atoms with van der Waals surface area (Å²) in [4.78, 5) is 11.9. The van der Waals surface area contributed by atoms with Crippen molar-refractivity contribution in [1.29, 1.82) is 0 Å². The Hall–Kier alpha value is -2.49. The predicted octanol–water partition coefficient (Wildman–Crippen LogP) is 3.90. The maximum Gasteiger partial charge on any atom is 0.167 e. The molecular formula is C18H18O4. The van der Waals surface area contributed by atoms with Crippen molar-refractivity contribution in [2.45, 2.75) is 26.4 Å². The molecule has 2 aromatic rings. The van der Waals surface area contributed by atoms with E-state index in [4.69, 9.17) is 9.47 Å². The van der Waals surface area contributed by atoms with Crippen LogP contribution in [0.4, 0.5) is 0 Å². The van der Waals surface area contributed by atoms with Crippen LogP contribution in [-0.2, 0) is 5.60 Å². The van der Waals surface area contributed by atoms with E-state index < -0.39 is 5.60 Å². The third kappa shape index (κ3) is 2.03. The minimum atomic E-state index is -0.630. The summed E-state index contributed by atoms with van der Waals surface area (Å²) >= 11 is 0. The van der Waals surface area contributed by atoms with Gasteiger partial charge in [0.05, 0.1) is 7.11 Å². The molecule has 0 atom stereocenters. The van der Waals surface area contributed by atoms with E-state index in [1.54, 1.807) is 13.2 Å². The first-order valence-electron chi connectivity index (χ1n) is 7.10. The van der Waals surface area contributed by atoms with Crippen LogP contribution in [-0.4, -0.2) is 18.0 Å². The molecule has 0 saturated carbocycles. The number of carbonyl (C=O) groups is 1. The van der Waals surface area contributed by atoms with Gasteiger partial charge in [-0.3, -0.25) is 4.79 Å². The Morgan fingerprint density at radius 2 is 1.86 bits per heavy atom. The zero-order valence-corrected chi connectivity index (χ0v) is 13.1. The molecule has 114 valence electrons. The van der Waals surface area contributed by atoms with Crippen LogP contribution in [0.3, 0.4) is 0 Å². The Morgan fingerprint density at radius 3 is 2.50 bits per heavy atom. The fourth-order valence-electron chi connectivity index (χ4n) is 2.92. The van der Waals surface area contributed by atoms with Crippen molar-refractivity contribution in [2.24, 2.45) is 0 Å². The van der Waals surface area contributed by atoms with E-state index in [0.29, 0.717) is 5.75 Å². The van der Waals surface area contributed by atoms with Gasteiger partial charge in [0, 0.05) is 11.1 Å². The van der Waals surface area contributed by atoms with Gasteiger partial charge in [0.2, 0.25) is 0 Å². The molecule has 0 aliphatic carbocycles. The second-order valence-corrected chi connectivity index (χ2v) is 5.92. The largest absolute Gasteiger partial charge is 0.507 e. The molecule has 3 rings (SSSR count). The highest BCUT2D eigenvalue weighted by Crippen LogP contribution is 2.49. The minimum Gasteiger partial charge on any atom is -0.507 e. The smallest absolute Gasteiger partial charge is 0.167 e. The molecule has 0 radical (unpaired) electrons. The van der Waals surface area contributed by atoms with Gasteiger partial charge in [-0.25, -0.2) is 0 Å². The number of Topliss-reactive ketones (excluding diaryl/α,β-unsaturated/α-hetero) is 1. The number of benzene rings is 2. The molecule has 2 aromatic carbocycles. The van der Waals surface area contributed by atoms with Gasteiger partial charge < -0.3 is 14.6 Å². The third-order valence-corrected chi connectivity index (χ3v) is 4.01. The quantitative estimate of drug-likeness (QED) is 0.854. The van der Waals surface area contributed by atoms with Gasteiger partial charge in [-0.05, 0) is 50.6 Å². The maximum absolute atomic E-state index is 11.9. The molecular weight excluding hydrogens is 280 g/mol. The van der Waals surface area contributed by atoms with Crippen molar-refractivity contribution < 1.29 is 19.4 Å². The molecule has 0 fully saturated rings. The Kier molecular flexibility index (Phi) is 3.13. The number of carbonyl (C=O) groups excluding carboxylic acids is 1. The zero-order valence-electron chi connectivity index (χ0n) is 13.1. The first-order valence-corrected chi connectivity index (χ1v) is 7.10. The monoisotopic (exact) mass is 298 g/mol. The number of ether oxygens (including phenoxy) is 2. The Morgan fingerprint density at radius 1 is 1.18 bits per heavy atom. The minimum absolute atomic E-state index is 0.0565. The third-order valence-electron chi connectivity index (χ3n) is 4.01. The summed E-state index contributed by atoms with van der Waals surface area (Å²) in [5.74, 6) is 0.917. The lowest BCUT2D eigenvalue weighted by molar-refractivity contribution is 0.0938. The highest BCUT2D eigenvalue weighted by Gasteiger charge is 2.35. The lowest BCUT2D eigenvalue weighted by Gasteiger charge is -2.36. The van der Waals surface area contributed by atoms with Crippen molar-refractivity contribution in [1.82, 2.24) is 0 Å².